The van der Waals surface area contributed by atoms with Gasteiger partial charge in [-0.1, -0.05) is 13.8 Å². The second-order valence-corrected chi connectivity index (χ2v) is 6.98. The van der Waals surface area contributed by atoms with Crippen molar-refractivity contribution < 1.29 is 9.21 Å². The normalized spacial score (nSPS) is 24.0. The molecule has 0 bridgehead atoms. The number of carbonyl (C=O) groups excluding carboxylic acids is 1. The van der Waals surface area contributed by atoms with Gasteiger partial charge in [-0.3, -0.25) is 4.79 Å². The van der Waals surface area contributed by atoms with Crippen LogP contribution in [0.5, 0.6) is 0 Å². The van der Waals surface area contributed by atoms with E-state index in [0.29, 0.717) is 17.7 Å². The molecule has 4 nitrogen and oxygen atoms in total. The summed E-state index contributed by atoms with van der Waals surface area (Å²) in [5.41, 5.74) is 1.03. The maximum atomic E-state index is 12.8. The van der Waals surface area contributed by atoms with E-state index in [2.05, 4.69) is 18.7 Å². The van der Waals surface area contributed by atoms with Crippen molar-refractivity contribution >= 4 is 5.91 Å². The highest BCUT2D eigenvalue weighted by molar-refractivity contribution is 5.93. The maximum Gasteiger partial charge on any atom is 0.289 e. The van der Waals surface area contributed by atoms with Crippen molar-refractivity contribution in [2.24, 2.45) is 0 Å². The first-order valence-electron chi connectivity index (χ1n) is 8.77. The highest BCUT2D eigenvalue weighted by Gasteiger charge is 2.28. The summed E-state index contributed by atoms with van der Waals surface area (Å²) in [4.78, 5) is 17.4. The molecule has 4 heteroatoms. The zero-order valence-corrected chi connectivity index (χ0v) is 13.9. The predicted molar refractivity (Wildman–Crippen MR) is 87.1 cm³/mol. The van der Waals surface area contributed by atoms with Crippen molar-refractivity contribution in [3.63, 3.8) is 0 Å². The number of likely N-dealkylation sites (tertiary alicyclic amines) is 2. The molecule has 2 aliphatic heterocycles. The first-order valence-corrected chi connectivity index (χ1v) is 8.77. The van der Waals surface area contributed by atoms with Gasteiger partial charge in [0.1, 0.15) is 0 Å². The first kappa shape index (κ1) is 15.6. The lowest BCUT2D eigenvalue weighted by atomic mass is 10.0. The molecule has 3 heterocycles. The molecule has 0 aliphatic carbocycles. The Kier molecular flexibility index (Phi) is 4.87. The van der Waals surface area contributed by atoms with Crippen LogP contribution in [0, 0.1) is 0 Å². The van der Waals surface area contributed by atoms with Gasteiger partial charge in [-0.25, -0.2) is 0 Å². The van der Waals surface area contributed by atoms with Gasteiger partial charge in [0.2, 0.25) is 0 Å². The lowest BCUT2D eigenvalue weighted by Gasteiger charge is -2.26. The molecule has 0 radical (unpaired) electrons. The number of furan rings is 1. The number of carbonyl (C=O) groups is 1. The van der Waals surface area contributed by atoms with Gasteiger partial charge in [0, 0.05) is 24.7 Å². The van der Waals surface area contributed by atoms with Gasteiger partial charge in [-0.05, 0) is 57.2 Å². The van der Waals surface area contributed by atoms with Gasteiger partial charge in [0.15, 0.2) is 5.76 Å². The van der Waals surface area contributed by atoms with Crippen LogP contribution in [0.1, 0.15) is 68.0 Å². The number of rotatable bonds is 3. The number of hydrogen-bond donors (Lipinski definition) is 0. The van der Waals surface area contributed by atoms with Gasteiger partial charge in [0.05, 0.1) is 6.26 Å². The van der Waals surface area contributed by atoms with Crippen LogP contribution in [-0.2, 0) is 0 Å². The summed E-state index contributed by atoms with van der Waals surface area (Å²) in [6.45, 7) is 8.42. The first-order chi connectivity index (χ1) is 10.7. The molecule has 1 atom stereocenters. The highest BCUT2D eigenvalue weighted by Crippen LogP contribution is 2.25. The number of nitrogens with zero attached hydrogens (tertiary/aromatic N) is 2. The van der Waals surface area contributed by atoms with Crippen molar-refractivity contribution in [2.75, 3.05) is 26.2 Å². The van der Waals surface area contributed by atoms with E-state index in [1.165, 1.54) is 32.4 Å². The zero-order valence-electron chi connectivity index (χ0n) is 13.9. The Hall–Kier alpha value is -1.29. The van der Waals surface area contributed by atoms with Crippen molar-refractivity contribution in [3.05, 3.63) is 23.7 Å². The second-order valence-electron chi connectivity index (χ2n) is 6.98. The minimum Gasteiger partial charge on any atom is -0.459 e. The van der Waals surface area contributed by atoms with E-state index in [1.54, 1.807) is 6.26 Å². The average Bonchev–Trinajstić information content (AvgIpc) is 3.14. The fourth-order valence-corrected chi connectivity index (χ4v) is 3.84. The molecule has 2 saturated heterocycles. The van der Waals surface area contributed by atoms with Gasteiger partial charge < -0.3 is 14.2 Å². The van der Waals surface area contributed by atoms with E-state index in [4.69, 9.17) is 4.42 Å². The molecule has 0 aromatic carbocycles. The van der Waals surface area contributed by atoms with Crippen molar-refractivity contribution in [2.45, 2.75) is 57.9 Å². The molecular weight excluding hydrogens is 276 g/mol. The SMILES string of the molecule is CC(C)c1ccoc1C(=O)N1CCC[C@H](N2CCCC2)CC1. The molecule has 1 amide bonds. The van der Waals surface area contributed by atoms with Crippen LogP contribution in [0.4, 0.5) is 0 Å². The summed E-state index contributed by atoms with van der Waals surface area (Å²) in [6.07, 6.45) is 7.74. The number of amides is 1. The van der Waals surface area contributed by atoms with Crippen molar-refractivity contribution in [1.82, 2.24) is 9.80 Å². The molecule has 22 heavy (non-hydrogen) atoms. The second kappa shape index (κ2) is 6.86. The average molecular weight is 304 g/mol. The number of hydrogen-bond acceptors (Lipinski definition) is 3. The van der Waals surface area contributed by atoms with E-state index >= 15 is 0 Å². The van der Waals surface area contributed by atoms with Crippen molar-refractivity contribution in [1.29, 1.82) is 0 Å². The summed E-state index contributed by atoms with van der Waals surface area (Å²) in [6, 6.07) is 2.60. The molecular formula is C18H28N2O2. The Labute approximate surface area is 133 Å². The van der Waals surface area contributed by atoms with Crippen molar-refractivity contribution in [3.8, 4) is 0 Å². The van der Waals surface area contributed by atoms with E-state index in [0.717, 1.165) is 31.5 Å². The van der Waals surface area contributed by atoms with Crippen LogP contribution in [-0.4, -0.2) is 47.9 Å². The fourth-order valence-electron chi connectivity index (χ4n) is 3.84. The largest absolute Gasteiger partial charge is 0.459 e. The Morgan fingerprint density at radius 3 is 2.64 bits per heavy atom. The summed E-state index contributed by atoms with van der Waals surface area (Å²) in [5, 5.41) is 0. The summed E-state index contributed by atoms with van der Waals surface area (Å²) in [7, 11) is 0. The predicted octanol–water partition coefficient (Wildman–Crippen LogP) is 3.49. The third-order valence-corrected chi connectivity index (χ3v) is 5.15. The third-order valence-electron chi connectivity index (χ3n) is 5.15. The van der Waals surface area contributed by atoms with Crippen LogP contribution in [0.25, 0.3) is 0 Å². The lowest BCUT2D eigenvalue weighted by molar-refractivity contribution is 0.0723. The highest BCUT2D eigenvalue weighted by atomic mass is 16.3. The smallest absolute Gasteiger partial charge is 0.289 e. The molecule has 0 saturated carbocycles. The Bertz CT molecular complexity index is 503. The fraction of sp³-hybridized carbons (Fsp3) is 0.722. The Morgan fingerprint density at radius 2 is 1.91 bits per heavy atom. The standard InChI is InChI=1S/C18H28N2O2/c1-14(2)16-8-13-22-17(16)18(21)20-11-5-6-15(7-12-20)19-9-3-4-10-19/h8,13-15H,3-7,9-12H2,1-2H3/t15-/m0/s1. The van der Waals surface area contributed by atoms with E-state index in [-0.39, 0.29) is 5.91 Å². The van der Waals surface area contributed by atoms with Gasteiger partial charge >= 0.3 is 0 Å². The monoisotopic (exact) mass is 304 g/mol. The van der Waals surface area contributed by atoms with E-state index < -0.39 is 0 Å². The molecule has 2 fully saturated rings. The molecule has 3 rings (SSSR count). The summed E-state index contributed by atoms with van der Waals surface area (Å²) >= 11 is 0. The van der Waals surface area contributed by atoms with E-state index in [9.17, 15) is 4.79 Å². The lowest BCUT2D eigenvalue weighted by Crippen LogP contribution is -2.35. The molecule has 122 valence electrons. The van der Waals surface area contributed by atoms with Crippen LogP contribution < -0.4 is 0 Å². The summed E-state index contributed by atoms with van der Waals surface area (Å²) in [5.74, 6) is 0.951. The Morgan fingerprint density at radius 1 is 1.14 bits per heavy atom. The molecule has 0 spiro atoms. The minimum atomic E-state index is 0.0794. The summed E-state index contributed by atoms with van der Waals surface area (Å²) < 4.78 is 5.51. The molecule has 2 aliphatic rings. The van der Waals surface area contributed by atoms with Gasteiger partial charge in [-0.15, -0.1) is 0 Å². The zero-order chi connectivity index (χ0) is 15.5. The Balaban J connectivity index is 1.65. The molecule has 1 aromatic rings. The third kappa shape index (κ3) is 3.22. The topological polar surface area (TPSA) is 36.7 Å². The quantitative estimate of drug-likeness (QED) is 0.857. The van der Waals surface area contributed by atoms with Gasteiger partial charge in [-0.2, -0.15) is 0 Å². The molecule has 1 aromatic heterocycles. The van der Waals surface area contributed by atoms with Crippen LogP contribution in [0.15, 0.2) is 16.7 Å². The molecule has 0 N–H and O–H groups in total. The molecule has 0 unspecified atom stereocenters. The van der Waals surface area contributed by atoms with Gasteiger partial charge in [0.25, 0.3) is 5.91 Å². The van der Waals surface area contributed by atoms with Crippen LogP contribution in [0.3, 0.4) is 0 Å². The van der Waals surface area contributed by atoms with Crippen LogP contribution in [0.2, 0.25) is 0 Å². The van der Waals surface area contributed by atoms with Crippen LogP contribution >= 0.6 is 0 Å². The van der Waals surface area contributed by atoms with E-state index in [1.807, 2.05) is 11.0 Å². The minimum absolute atomic E-state index is 0.0794. The maximum absolute atomic E-state index is 12.8.